The zero-order valence-electron chi connectivity index (χ0n) is 39.5. The molecule has 0 radical (unpaired) electrons. The van der Waals surface area contributed by atoms with E-state index in [1.165, 1.54) is 17.3 Å². The zero-order chi connectivity index (χ0) is 45.3. The molecule has 0 atom stereocenters. The van der Waals surface area contributed by atoms with Crippen LogP contribution < -0.4 is 0 Å². The summed E-state index contributed by atoms with van der Waals surface area (Å²) in [6, 6.07) is 52.4. The van der Waals surface area contributed by atoms with Gasteiger partial charge in [0.05, 0.1) is 17.1 Å². The third-order valence-corrected chi connectivity index (χ3v) is 11.5. The molecule has 3 aromatic heterocycles. The average Bonchev–Trinajstić information content (AvgIpc) is 3.29. The average molecular weight is 786 g/mol. The summed E-state index contributed by atoms with van der Waals surface area (Å²) in [5.74, 6) is 0. The molecule has 3 nitrogen and oxygen atoms in total. The van der Waals surface area contributed by atoms with E-state index in [0.717, 1.165) is 55.9 Å². The van der Waals surface area contributed by atoms with Crippen molar-refractivity contribution in [2.45, 2.75) is 78.0 Å². The van der Waals surface area contributed by atoms with Crippen LogP contribution in [0.1, 0.15) is 77.7 Å². The van der Waals surface area contributed by atoms with Crippen molar-refractivity contribution in [3.8, 4) is 44.9 Å². The Balaban J connectivity index is 1.19. The first kappa shape index (κ1) is 35.5. The number of rotatable bonds is 13. The summed E-state index contributed by atoms with van der Waals surface area (Å²) in [6.45, 7) is 12.9. The Hall–Kier alpha value is -6.45. The minimum atomic E-state index is -2.49. The molecule has 0 fully saturated rings. The molecule has 0 unspecified atom stereocenters. The van der Waals surface area contributed by atoms with Gasteiger partial charge in [-0.3, -0.25) is 15.0 Å². The minimum absolute atomic E-state index is 0.190. The number of hydrogen-bond acceptors (Lipinski definition) is 3. The highest BCUT2D eigenvalue weighted by Crippen LogP contribution is 2.34. The van der Waals surface area contributed by atoms with Gasteiger partial charge in [0.25, 0.3) is 0 Å². The standard InChI is InChI=1S/C57H55N3/c1-40-17-22-47(23-18-40)53-29-27-50(38-59-53)56(3,4)35-43-31-42(21-26-49-37-58-55(46-15-11-8-12-16-46)34-52(49)45-13-9-7-10-14-45)32-44(33-43)36-57(5,6)51-28-30-54(60-39-51)48-24-19-41(2)20-25-48/h7-20,22-25,27-34,37-39H,21,26,35-36H2,1-6H3/i21D2,26D2. The Labute approximate surface area is 362 Å². The van der Waals surface area contributed by atoms with Gasteiger partial charge in [0.15, 0.2) is 0 Å². The summed E-state index contributed by atoms with van der Waals surface area (Å²) in [7, 11) is 0. The summed E-state index contributed by atoms with van der Waals surface area (Å²) in [5.41, 5.74) is 13.0. The van der Waals surface area contributed by atoms with Crippen LogP contribution in [0.15, 0.2) is 176 Å². The Kier molecular flexibility index (Phi) is 10.3. The number of benzene rings is 5. The van der Waals surface area contributed by atoms with Crippen molar-refractivity contribution < 1.29 is 5.48 Å². The zero-order valence-corrected chi connectivity index (χ0v) is 35.5. The van der Waals surface area contributed by atoms with Crippen LogP contribution in [-0.4, -0.2) is 15.0 Å². The first-order chi connectivity index (χ1) is 30.5. The summed E-state index contributed by atoms with van der Waals surface area (Å²) in [5, 5.41) is 0. The Morgan fingerprint density at radius 3 is 1.32 bits per heavy atom. The molecule has 60 heavy (non-hydrogen) atoms. The maximum Gasteiger partial charge on any atom is 0.0708 e. The molecule has 0 spiro atoms. The summed E-state index contributed by atoms with van der Waals surface area (Å²) < 4.78 is 39.3. The monoisotopic (exact) mass is 785 g/mol. The molecule has 0 saturated carbocycles. The van der Waals surface area contributed by atoms with Crippen molar-refractivity contribution in [1.29, 1.82) is 0 Å². The van der Waals surface area contributed by atoms with E-state index in [0.29, 0.717) is 24.1 Å². The van der Waals surface area contributed by atoms with Crippen LogP contribution in [0, 0.1) is 13.8 Å². The van der Waals surface area contributed by atoms with Gasteiger partial charge in [0.1, 0.15) is 0 Å². The molecular formula is C57H55N3. The second-order valence-corrected chi connectivity index (χ2v) is 17.4. The molecule has 0 bridgehead atoms. The fourth-order valence-corrected chi connectivity index (χ4v) is 7.96. The lowest BCUT2D eigenvalue weighted by atomic mass is 9.77. The summed E-state index contributed by atoms with van der Waals surface area (Å²) >= 11 is 0. The van der Waals surface area contributed by atoms with Crippen LogP contribution in [0.5, 0.6) is 0 Å². The number of aryl methyl sites for hydroxylation is 4. The molecule has 0 aliphatic carbocycles. The quantitative estimate of drug-likeness (QED) is 0.117. The van der Waals surface area contributed by atoms with Gasteiger partial charge < -0.3 is 0 Å². The highest BCUT2D eigenvalue weighted by Gasteiger charge is 2.25. The van der Waals surface area contributed by atoms with Crippen molar-refractivity contribution in [2.75, 3.05) is 0 Å². The van der Waals surface area contributed by atoms with Crippen molar-refractivity contribution in [3.63, 3.8) is 0 Å². The highest BCUT2D eigenvalue weighted by molar-refractivity contribution is 5.73. The van der Waals surface area contributed by atoms with Crippen LogP contribution in [0.3, 0.4) is 0 Å². The van der Waals surface area contributed by atoms with Gasteiger partial charge in [0.2, 0.25) is 0 Å². The molecule has 0 N–H and O–H groups in total. The lowest BCUT2D eigenvalue weighted by Gasteiger charge is -2.28. The van der Waals surface area contributed by atoms with Crippen LogP contribution >= 0.6 is 0 Å². The first-order valence-electron chi connectivity index (χ1n) is 22.8. The number of nitrogens with zero attached hydrogens (tertiary/aromatic N) is 3. The van der Waals surface area contributed by atoms with Gasteiger partial charge in [-0.1, -0.05) is 178 Å². The van der Waals surface area contributed by atoms with E-state index in [1.54, 1.807) is 0 Å². The van der Waals surface area contributed by atoms with Crippen LogP contribution in [0.4, 0.5) is 0 Å². The number of aromatic nitrogens is 3. The molecule has 8 aromatic rings. The van der Waals surface area contributed by atoms with E-state index < -0.39 is 12.7 Å². The maximum absolute atomic E-state index is 9.85. The van der Waals surface area contributed by atoms with Crippen LogP contribution in [0.2, 0.25) is 0 Å². The van der Waals surface area contributed by atoms with Crippen molar-refractivity contribution >= 4 is 0 Å². The van der Waals surface area contributed by atoms with Gasteiger partial charge in [-0.25, -0.2) is 0 Å². The lowest BCUT2D eigenvalue weighted by molar-refractivity contribution is 0.512. The molecule has 0 amide bonds. The largest absolute Gasteiger partial charge is 0.256 e. The van der Waals surface area contributed by atoms with E-state index in [1.807, 2.05) is 91.3 Å². The van der Waals surface area contributed by atoms with Crippen molar-refractivity contribution in [1.82, 2.24) is 15.0 Å². The first-order valence-corrected chi connectivity index (χ1v) is 20.8. The predicted octanol–water partition coefficient (Wildman–Crippen LogP) is 14.0. The third kappa shape index (κ3) is 9.53. The van der Waals surface area contributed by atoms with Crippen LogP contribution in [0.25, 0.3) is 44.9 Å². The molecular weight excluding hydrogens is 727 g/mol. The van der Waals surface area contributed by atoms with Gasteiger partial charge in [0, 0.05) is 40.8 Å². The fourth-order valence-electron chi connectivity index (χ4n) is 7.96. The van der Waals surface area contributed by atoms with E-state index in [2.05, 4.69) is 120 Å². The maximum atomic E-state index is 9.85. The van der Waals surface area contributed by atoms with Crippen molar-refractivity contribution in [3.05, 3.63) is 221 Å². The molecule has 298 valence electrons. The van der Waals surface area contributed by atoms with Gasteiger partial charge in [-0.2, -0.15) is 0 Å². The Bertz CT molecular complexity index is 2730. The molecule has 8 rings (SSSR count). The fraction of sp³-hybridized carbons (Fsp3) is 0.211. The normalized spacial score (nSPS) is 13.2. The Morgan fingerprint density at radius 2 is 0.850 bits per heavy atom. The van der Waals surface area contributed by atoms with Crippen LogP contribution in [-0.2, 0) is 36.4 Å². The van der Waals surface area contributed by atoms with E-state index in [4.69, 9.17) is 15.0 Å². The second-order valence-electron chi connectivity index (χ2n) is 17.4. The number of hydrogen-bond donors (Lipinski definition) is 0. The highest BCUT2D eigenvalue weighted by atomic mass is 14.7. The van der Waals surface area contributed by atoms with Gasteiger partial charge in [-0.05, 0) is 113 Å². The van der Waals surface area contributed by atoms with Crippen molar-refractivity contribution in [2.24, 2.45) is 0 Å². The summed E-state index contributed by atoms with van der Waals surface area (Å²) in [4.78, 5) is 14.5. The predicted molar refractivity (Wildman–Crippen MR) is 251 cm³/mol. The molecule has 3 heterocycles. The molecule has 5 aromatic carbocycles. The van der Waals surface area contributed by atoms with Gasteiger partial charge >= 0.3 is 0 Å². The third-order valence-electron chi connectivity index (χ3n) is 11.5. The lowest BCUT2D eigenvalue weighted by Crippen LogP contribution is -2.23. The second kappa shape index (κ2) is 17.4. The molecule has 0 saturated heterocycles. The summed E-state index contributed by atoms with van der Waals surface area (Å²) in [6.07, 6.45) is 1.62. The van der Waals surface area contributed by atoms with E-state index in [9.17, 15) is 5.48 Å². The minimum Gasteiger partial charge on any atom is -0.256 e. The number of pyridine rings is 3. The SMILES string of the molecule is [2H]C([2H])(c1cc(CC(C)(C)c2ccc(-c3ccc(C)cc3)nc2)cc(CC(C)(C)c2ccc(-c3ccc(C)cc3)nc2)c1)C([2H])([2H])c1cnc(-c2ccccc2)cc1-c1ccccc1. The molecule has 3 heteroatoms. The molecule has 0 aliphatic heterocycles. The van der Waals surface area contributed by atoms with E-state index >= 15 is 0 Å². The van der Waals surface area contributed by atoms with E-state index in [-0.39, 0.29) is 22.0 Å². The molecule has 0 aliphatic rings. The van der Waals surface area contributed by atoms with Gasteiger partial charge in [-0.15, -0.1) is 0 Å². The Morgan fingerprint density at radius 1 is 0.417 bits per heavy atom. The smallest absolute Gasteiger partial charge is 0.0708 e. The topological polar surface area (TPSA) is 38.7 Å².